The molecule has 0 aliphatic rings. The highest BCUT2D eigenvalue weighted by molar-refractivity contribution is 8.13. The molecule has 0 aliphatic carbocycles. The highest BCUT2D eigenvalue weighted by Crippen LogP contribution is 2.45. The van der Waals surface area contributed by atoms with Gasteiger partial charge in [-0.05, 0) is 25.0 Å². The Bertz CT molecular complexity index is 412. The molecule has 2 N–H and O–H groups in total. The zero-order chi connectivity index (χ0) is 15.6. The van der Waals surface area contributed by atoms with E-state index in [9.17, 15) is 9.00 Å². The molecule has 0 aromatic carbocycles. The molecule has 0 saturated carbocycles. The number of nitrogens with zero attached hydrogens (tertiary/aromatic N) is 1. The molecule has 1 amide bonds. The van der Waals surface area contributed by atoms with E-state index in [2.05, 4.69) is 20.0 Å². The maximum Gasteiger partial charge on any atom is 0.434 e. The Morgan fingerprint density at radius 1 is 1.45 bits per heavy atom. The van der Waals surface area contributed by atoms with Crippen molar-refractivity contribution in [3.05, 3.63) is 0 Å². The van der Waals surface area contributed by atoms with Gasteiger partial charge in [0, 0.05) is 14.2 Å². The van der Waals surface area contributed by atoms with Gasteiger partial charge in [-0.2, -0.15) is 0 Å². The third-order valence-electron chi connectivity index (χ3n) is 1.88. The molecule has 0 spiro atoms. The molecule has 0 radical (unpaired) electrons. The highest BCUT2D eigenvalue weighted by atomic mass is 32.5. The molecule has 12 heteroatoms. The van der Waals surface area contributed by atoms with Crippen LogP contribution in [0.5, 0.6) is 0 Å². The van der Waals surface area contributed by atoms with Gasteiger partial charge in [-0.3, -0.25) is 4.84 Å². The molecule has 0 aliphatic heterocycles. The molecular weight excluding hydrogens is 345 g/mol. The Morgan fingerprint density at radius 2 is 2.05 bits per heavy atom. The van der Waals surface area contributed by atoms with Gasteiger partial charge in [-0.25, -0.2) is 13.7 Å². The fourth-order valence-corrected chi connectivity index (χ4v) is 3.26. The molecule has 0 rings (SSSR count). The molecule has 118 valence electrons. The first-order valence-electron chi connectivity index (χ1n) is 5.22. The first kappa shape index (κ1) is 20.0. The van der Waals surface area contributed by atoms with E-state index in [1.54, 1.807) is 13.2 Å². The van der Waals surface area contributed by atoms with Gasteiger partial charge in [-0.15, -0.1) is 11.8 Å². The smallest absolute Gasteiger partial charge is 0.332 e. The van der Waals surface area contributed by atoms with Gasteiger partial charge in [0.15, 0.2) is 0 Å². The zero-order valence-electron chi connectivity index (χ0n) is 11.6. The van der Waals surface area contributed by atoms with Gasteiger partial charge in [-0.1, -0.05) is 5.16 Å². The third kappa shape index (κ3) is 9.01. The number of rotatable bonds is 8. The predicted molar refractivity (Wildman–Crippen MR) is 85.6 cm³/mol. The van der Waals surface area contributed by atoms with Crippen molar-refractivity contribution in [2.75, 3.05) is 32.6 Å². The van der Waals surface area contributed by atoms with E-state index in [4.69, 9.17) is 20.9 Å². The molecule has 0 aromatic rings. The van der Waals surface area contributed by atoms with E-state index in [0.717, 1.165) is 0 Å². The summed E-state index contributed by atoms with van der Waals surface area (Å²) in [6.45, 7) is -0.757. The lowest BCUT2D eigenvalue weighted by Crippen LogP contribution is -2.32. The lowest BCUT2D eigenvalue weighted by molar-refractivity contribution is 0.153. The summed E-state index contributed by atoms with van der Waals surface area (Å²) >= 11 is 6.42. The molecular formula is C8H18N3O5PS3. The minimum Gasteiger partial charge on any atom is -0.332 e. The van der Waals surface area contributed by atoms with Crippen LogP contribution < -0.4 is 10.0 Å². The van der Waals surface area contributed by atoms with Gasteiger partial charge >= 0.3 is 6.09 Å². The molecule has 0 fully saturated rings. The summed E-state index contributed by atoms with van der Waals surface area (Å²) in [5.41, 5.74) is 0. The van der Waals surface area contributed by atoms with Crippen molar-refractivity contribution < 1.29 is 22.9 Å². The summed E-state index contributed by atoms with van der Waals surface area (Å²) in [4.78, 5) is 15.7. The van der Waals surface area contributed by atoms with Crippen molar-refractivity contribution in [2.45, 2.75) is 6.92 Å². The SMILES string of the molecule is COP(=S)(CNS(=O)CNC(=O)ON=C(C)SC)OC. The number of thioether (sulfide) groups is 1. The number of hydrogen-bond acceptors (Lipinski definition) is 8. The molecule has 0 bridgehead atoms. The van der Waals surface area contributed by atoms with Gasteiger partial charge < -0.3 is 14.4 Å². The lowest BCUT2D eigenvalue weighted by Gasteiger charge is -2.17. The van der Waals surface area contributed by atoms with Crippen LogP contribution >= 0.6 is 18.3 Å². The monoisotopic (exact) mass is 363 g/mol. The van der Waals surface area contributed by atoms with Crippen molar-refractivity contribution in [3.63, 3.8) is 0 Å². The molecule has 0 aromatic heterocycles. The van der Waals surface area contributed by atoms with Crippen molar-refractivity contribution in [2.24, 2.45) is 5.16 Å². The first-order valence-corrected chi connectivity index (χ1v) is 10.6. The standard InChI is InChI=1S/C8H18N3O5PS3/c1-7(19-4)11-16-8(12)9-6-20(13)10-5-17(18,14-2)15-3/h10H,5-6H2,1-4H3,(H,9,12). The van der Waals surface area contributed by atoms with Gasteiger partial charge in [0.25, 0.3) is 0 Å². The Kier molecular flexibility index (Phi) is 10.6. The van der Waals surface area contributed by atoms with E-state index in [0.29, 0.717) is 5.04 Å². The maximum absolute atomic E-state index is 11.6. The van der Waals surface area contributed by atoms with E-state index in [1.807, 2.05) is 0 Å². The Balaban J connectivity index is 4.00. The Hall–Kier alpha value is -0.0300. The normalized spacial score (nSPS) is 13.9. The van der Waals surface area contributed by atoms with Crippen molar-refractivity contribution in [3.8, 4) is 0 Å². The molecule has 0 saturated heterocycles. The predicted octanol–water partition coefficient (Wildman–Crippen LogP) is 1.18. The van der Waals surface area contributed by atoms with Gasteiger partial charge in [0.1, 0.15) is 21.9 Å². The number of hydrogen-bond donors (Lipinski definition) is 2. The Labute approximate surface area is 130 Å². The fraction of sp³-hybridized carbons (Fsp3) is 0.750. The van der Waals surface area contributed by atoms with Crippen LogP contribution in [-0.2, 0) is 36.7 Å². The van der Waals surface area contributed by atoms with Crippen LogP contribution in [0, 0.1) is 0 Å². The fourth-order valence-electron chi connectivity index (χ4n) is 0.705. The minimum absolute atomic E-state index is 0.127. The number of nitrogens with one attached hydrogen (secondary N) is 2. The van der Waals surface area contributed by atoms with Crippen LogP contribution in [0.3, 0.4) is 0 Å². The first-order chi connectivity index (χ1) is 9.36. The van der Waals surface area contributed by atoms with Crippen LogP contribution in [0.25, 0.3) is 0 Å². The summed E-state index contributed by atoms with van der Waals surface area (Å²) in [6.07, 6.45) is 1.14. The van der Waals surface area contributed by atoms with Gasteiger partial charge in [0.05, 0.1) is 6.29 Å². The van der Waals surface area contributed by atoms with Crippen molar-refractivity contribution in [1.29, 1.82) is 0 Å². The molecule has 0 heterocycles. The van der Waals surface area contributed by atoms with E-state index in [-0.39, 0.29) is 12.2 Å². The van der Waals surface area contributed by atoms with Crippen LogP contribution in [0.2, 0.25) is 0 Å². The van der Waals surface area contributed by atoms with E-state index in [1.165, 1.54) is 26.0 Å². The Morgan fingerprint density at radius 3 is 2.55 bits per heavy atom. The largest absolute Gasteiger partial charge is 0.434 e. The highest BCUT2D eigenvalue weighted by Gasteiger charge is 2.16. The summed E-state index contributed by atoms with van der Waals surface area (Å²) in [5, 5.41) is 6.42. The second kappa shape index (κ2) is 10.7. The second-order valence-electron chi connectivity index (χ2n) is 3.14. The second-order valence-corrected chi connectivity index (χ2v) is 9.34. The molecule has 8 nitrogen and oxygen atoms in total. The summed E-state index contributed by atoms with van der Waals surface area (Å²) in [5.74, 6) is -0.143. The molecule has 1 unspecified atom stereocenters. The van der Waals surface area contributed by atoms with Gasteiger partial charge in [0.2, 0.25) is 6.49 Å². The third-order valence-corrected chi connectivity index (χ3v) is 6.57. The van der Waals surface area contributed by atoms with E-state index < -0.39 is 23.6 Å². The number of amides is 1. The zero-order valence-corrected chi connectivity index (χ0v) is 14.9. The van der Waals surface area contributed by atoms with Crippen LogP contribution in [0.4, 0.5) is 4.79 Å². The van der Waals surface area contributed by atoms with Crippen LogP contribution in [-0.4, -0.2) is 48.0 Å². The average Bonchev–Trinajstić information content (AvgIpc) is 2.47. The lowest BCUT2D eigenvalue weighted by atomic mass is 10.9. The average molecular weight is 363 g/mol. The summed E-state index contributed by atoms with van der Waals surface area (Å²) < 4.78 is 24.2. The summed E-state index contributed by atoms with van der Waals surface area (Å²) in [6, 6.07) is 0. The molecule has 1 atom stereocenters. The summed E-state index contributed by atoms with van der Waals surface area (Å²) in [7, 11) is 1.33. The van der Waals surface area contributed by atoms with E-state index >= 15 is 0 Å². The minimum atomic E-state index is -2.45. The van der Waals surface area contributed by atoms with Crippen molar-refractivity contribution >= 4 is 52.2 Å². The number of oxime groups is 1. The quantitative estimate of drug-likeness (QED) is 0.220. The van der Waals surface area contributed by atoms with Crippen molar-refractivity contribution in [1.82, 2.24) is 10.0 Å². The number of carbonyl (C=O) groups is 1. The van der Waals surface area contributed by atoms with Crippen LogP contribution in [0.1, 0.15) is 6.92 Å². The topological polar surface area (TPSA) is 98.3 Å². The molecule has 20 heavy (non-hydrogen) atoms. The number of carbonyl (C=O) groups excluding carboxylic acids is 1. The maximum atomic E-state index is 11.6. The van der Waals surface area contributed by atoms with Crippen LogP contribution in [0.15, 0.2) is 5.16 Å².